The highest BCUT2D eigenvalue weighted by molar-refractivity contribution is 5.93. The topological polar surface area (TPSA) is 92.6 Å². The van der Waals surface area contributed by atoms with Crippen molar-refractivity contribution in [1.29, 1.82) is 0 Å². The first-order valence-corrected chi connectivity index (χ1v) is 6.78. The number of anilines is 1. The van der Waals surface area contributed by atoms with Crippen LogP contribution >= 0.6 is 0 Å². The van der Waals surface area contributed by atoms with Crippen LogP contribution in [0.5, 0.6) is 0 Å². The number of carbonyl (C=O) groups is 2. The number of nitrogens with one attached hydrogen (secondary N) is 1. The van der Waals surface area contributed by atoms with Crippen LogP contribution in [0.15, 0.2) is 24.3 Å². The smallest absolute Gasteiger partial charge is 0.271 e. The van der Waals surface area contributed by atoms with E-state index < -0.39 is 4.92 Å². The minimum atomic E-state index is -0.506. The van der Waals surface area contributed by atoms with Crippen molar-refractivity contribution in [2.75, 3.05) is 18.4 Å². The van der Waals surface area contributed by atoms with Gasteiger partial charge < -0.3 is 10.2 Å². The van der Waals surface area contributed by atoms with Gasteiger partial charge in [0.15, 0.2) is 0 Å². The Kier molecular flexibility index (Phi) is 4.52. The summed E-state index contributed by atoms with van der Waals surface area (Å²) in [5.41, 5.74) is 0.330. The summed E-state index contributed by atoms with van der Waals surface area (Å²) >= 11 is 0. The highest BCUT2D eigenvalue weighted by Crippen LogP contribution is 2.21. The molecule has 1 aliphatic heterocycles. The maximum absolute atomic E-state index is 12.2. The fourth-order valence-corrected chi connectivity index (χ4v) is 2.42. The third kappa shape index (κ3) is 3.77. The van der Waals surface area contributed by atoms with Crippen LogP contribution in [0.2, 0.25) is 0 Å². The summed E-state index contributed by atoms with van der Waals surface area (Å²) in [4.78, 5) is 35.4. The molecule has 2 amide bonds. The summed E-state index contributed by atoms with van der Waals surface area (Å²) in [6.07, 6.45) is 1.50. The average molecular weight is 291 g/mol. The van der Waals surface area contributed by atoms with Crippen molar-refractivity contribution >= 4 is 23.2 Å². The second kappa shape index (κ2) is 6.34. The Bertz CT molecular complexity index is 573. The van der Waals surface area contributed by atoms with Crippen LogP contribution in [-0.4, -0.2) is 34.7 Å². The number of benzene rings is 1. The third-order valence-electron chi connectivity index (χ3n) is 3.56. The van der Waals surface area contributed by atoms with Crippen LogP contribution in [0.1, 0.15) is 19.8 Å². The highest BCUT2D eigenvalue weighted by Gasteiger charge is 2.27. The van der Waals surface area contributed by atoms with Crippen molar-refractivity contribution in [3.05, 3.63) is 34.4 Å². The first-order valence-electron chi connectivity index (χ1n) is 6.78. The maximum atomic E-state index is 12.2. The average Bonchev–Trinajstić information content (AvgIpc) is 2.47. The predicted octanol–water partition coefficient (Wildman–Crippen LogP) is 1.79. The van der Waals surface area contributed by atoms with Crippen LogP contribution in [0, 0.1) is 16.0 Å². The van der Waals surface area contributed by atoms with Crippen molar-refractivity contribution in [2.24, 2.45) is 5.92 Å². The second-order valence-electron chi connectivity index (χ2n) is 5.10. The Labute approximate surface area is 122 Å². The van der Waals surface area contributed by atoms with Crippen molar-refractivity contribution in [2.45, 2.75) is 19.8 Å². The Balaban J connectivity index is 2.02. The summed E-state index contributed by atoms with van der Waals surface area (Å²) in [7, 11) is 0. The SMILES string of the molecule is CC(=O)N1CCC[C@H](C(=O)Nc2cccc([N+](=O)[O-])c2)C1. The first kappa shape index (κ1) is 15.0. The molecule has 0 spiro atoms. The van der Waals surface area contributed by atoms with Gasteiger partial charge in [-0.3, -0.25) is 19.7 Å². The minimum Gasteiger partial charge on any atom is -0.342 e. The number of rotatable bonds is 3. The number of hydrogen-bond donors (Lipinski definition) is 1. The summed E-state index contributed by atoms with van der Waals surface area (Å²) in [5, 5.41) is 13.4. The lowest BCUT2D eigenvalue weighted by Crippen LogP contribution is -2.42. The van der Waals surface area contributed by atoms with E-state index in [-0.39, 0.29) is 23.4 Å². The molecule has 21 heavy (non-hydrogen) atoms. The maximum Gasteiger partial charge on any atom is 0.271 e. The van der Waals surface area contributed by atoms with Crippen LogP contribution < -0.4 is 5.32 Å². The Morgan fingerprint density at radius 1 is 1.43 bits per heavy atom. The Hall–Kier alpha value is -2.44. The summed E-state index contributed by atoms with van der Waals surface area (Å²) in [6, 6.07) is 5.82. The molecule has 2 rings (SSSR count). The molecule has 1 aromatic rings. The number of carbonyl (C=O) groups excluding carboxylic acids is 2. The van der Waals surface area contributed by atoms with Gasteiger partial charge in [-0.05, 0) is 18.9 Å². The van der Waals surface area contributed by atoms with Crippen LogP contribution in [0.3, 0.4) is 0 Å². The summed E-state index contributed by atoms with van der Waals surface area (Å²) in [6.45, 7) is 2.56. The molecule has 1 aliphatic rings. The molecule has 1 saturated heterocycles. The van der Waals surface area contributed by atoms with Gasteiger partial charge in [0.1, 0.15) is 0 Å². The number of hydrogen-bond acceptors (Lipinski definition) is 4. The minimum absolute atomic E-state index is 0.0390. The van der Waals surface area contributed by atoms with Gasteiger partial charge in [0.2, 0.25) is 11.8 Å². The lowest BCUT2D eigenvalue weighted by atomic mass is 9.97. The molecule has 1 N–H and O–H groups in total. The first-order chi connectivity index (χ1) is 9.97. The van der Waals surface area contributed by atoms with Gasteiger partial charge in [0, 0.05) is 37.8 Å². The number of likely N-dealkylation sites (tertiary alicyclic amines) is 1. The summed E-state index contributed by atoms with van der Waals surface area (Å²) in [5.74, 6) is -0.522. The zero-order chi connectivity index (χ0) is 15.4. The van der Waals surface area contributed by atoms with E-state index in [1.54, 1.807) is 11.0 Å². The van der Waals surface area contributed by atoms with E-state index in [0.29, 0.717) is 25.2 Å². The molecule has 1 atom stereocenters. The molecule has 1 fully saturated rings. The molecular formula is C14H17N3O4. The predicted molar refractivity (Wildman–Crippen MR) is 76.7 cm³/mol. The molecule has 7 heteroatoms. The summed E-state index contributed by atoms with van der Waals surface area (Å²) < 4.78 is 0. The lowest BCUT2D eigenvalue weighted by molar-refractivity contribution is -0.384. The number of nitrogens with zero attached hydrogens (tertiary/aromatic N) is 2. The molecule has 0 unspecified atom stereocenters. The molecule has 1 heterocycles. The van der Waals surface area contributed by atoms with Crippen LogP contribution in [-0.2, 0) is 9.59 Å². The van der Waals surface area contributed by atoms with Crippen molar-refractivity contribution in [3.8, 4) is 0 Å². The van der Waals surface area contributed by atoms with E-state index in [9.17, 15) is 19.7 Å². The van der Waals surface area contributed by atoms with Crippen molar-refractivity contribution in [1.82, 2.24) is 4.90 Å². The van der Waals surface area contributed by atoms with E-state index in [4.69, 9.17) is 0 Å². The third-order valence-corrected chi connectivity index (χ3v) is 3.56. The lowest BCUT2D eigenvalue weighted by Gasteiger charge is -2.31. The van der Waals surface area contributed by atoms with E-state index in [1.807, 2.05) is 0 Å². The van der Waals surface area contributed by atoms with Gasteiger partial charge in [0.25, 0.3) is 5.69 Å². The molecular weight excluding hydrogens is 274 g/mol. The van der Waals surface area contributed by atoms with E-state index >= 15 is 0 Å². The zero-order valence-corrected chi connectivity index (χ0v) is 11.7. The van der Waals surface area contributed by atoms with Gasteiger partial charge in [-0.1, -0.05) is 6.07 Å². The fraction of sp³-hybridized carbons (Fsp3) is 0.429. The van der Waals surface area contributed by atoms with E-state index in [2.05, 4.69) is 5.32 Å². The normalized spacial score (nSPS) is 18.1. The number of nitro benzene ring substituents is 1. The molecule has 0 radical (unpaired) electrons. The molecule has 112 valence electrons. The number of non-ortho nitro benzene ring substituents is 1. The largest absolute Gasteiger partial charge is 0.342 e. The van der Waals surface area contributed by atoms with E-state index in [1.165, 1.54) is 25.1 Å². The van der Waals surface area contributed by atoms with Gasteiger partial charge >= 0.3 is 0 Å². The van der Waals surface area contributed by atoms with Crippen LogP contribution in [0.4, 0.5) is 11.4 Å². The Morgan fingerprint density at radius 3 is 2.86 bits per heavy atom. The van der Waals surface area contributed by atoms with E-state index in [0.717, 1.165) is 6.42 Å². The fourth-order valence-electron chi connectivity index (χ4n) is 2.42. The molecule has 7 nitrogen and oxygen atoms in total. The zero-order valence-electron chi connectivity index (χ0n) is 11.7. The number of amides is 2. The van der Waals surface area contributed by atoms with Crippen molar-refractivity contribution in [3.63, 3.8) is 0 Å². The standard InChI is InChI=1S/C14H17N3O4/c1-10(18)16-7-3-4-11(9-16)14(19)15-12-5-2-6-13(8-12)17(20)21/h2,5-6,8,11H,3-4,7,9H2,1H3,(H,15,19)/t11-/m0/s1. The molecule has 0 bridgehead atoms. The van der Waals surface area contributed by atoms with Crippen molar-refractivity contribution < 1.29 is 14.5 Å². The van der Waals surface area contributed by atoms with Crippen LogP contribution in [0.25, 0.3) is 0 Å². The number of nitro groups is 1. The van der Waals surface area contributed by atoms with Gasteiger partial charge in [0.05, 0.1) is 10.8 Å². The number of piperidine rings is 1. The molecule has 1 aromatic carbocycles. The molecule has 0 saturated carbocycles. The quantitative estimate of drug-likeness (QED) is 0.678. The van der Waals surface area contributed by atoms with Gasteiger partial charge in [-0.2, -0.15) is 0 Å². The second-order valence-corrected chi connectivity index (χ2v) is 5.10. The molecule has 0 aromatic heterocycles. The van der Waals surface area contributed by atoms with Gasteiger partial charge in [-0.15, -0.1) is 0 Å². The highest BCUT2D eigenvalue weighted by atomic mass is 16.6. The molecule has 0 aliphatic carbocycles. The monoisotopic (exact) mass is 291 g/mol. The van der Waals surface area contributed by atoms with Gasteiger partial charge in [-0.25, -0.2) is 0 Å². The Morgan fingerprint density at radius 2 is 2.19 bits per heavy atom.